The van der Waals surface area contributed by atoms with E-state index in [4.69, 9.17) is 4.74 Å². The second kappa shape index (κ2) is 9.97. The van der Waals surface area contributed by atoms with E-state index in [2.05, 4.69) is 22.4 Å². The highest BCUT2D eigenvalue weighted by Gasteiger charge is 2.50. The Morgan fingerprint density at radius 3 is 2.61 bits per heavy atom. The number of carbonyl (C=O) groups is 2. The molecule has 0 saturated heterocycles. The third kappa shape index (κ3) is 4.79. The van der Waals surface area contributed by atoms with Crippen LogP contribution in [0.2, 0.25) is 0 Å². The van der Waals surface area contributed by atoms with Crippen molar-refractivity contribution in [2.45, 2.75) is 69.2 Å². The molecule has 2 aliphatic carbocycles. The van der Waals surface area contributed by atoms with Gasteiger partial charge < -0.3 is 19.5 Å². The molecule has 1 aromatic heterocycles. The molecule has 41 heavy (non-hydrogen) atoms. The third-order valence-corrected chi connectivity index (χ3v) is 9.11. The lowest BCUT2D eigenvalue weighted by atomic mass is 9.58. The molecule has 8 nitrogen and oxygen atoms in total. The number of hydrogen-bond acceptors (Lipinski definition) is 6. The minimum absolute atomic E-state index is 0.00393. The summed E-state index contributed by atoms with van der Waals surface area (Å²) in [7, 11) is 1.85. The Hall–Kier alpha value is -3.73. The average molecular weight is 568 g/mol. The summed E-state index contributed by atoms with van der Waals surface area (Å²) < 4.78 is 49.5. The topological polar surface area (TPSA) is 89.3 Å². The van der Waals surface area contributed by atoms with Crippen molar-refractivity contribution in [1.29, 1.82) is 0 Å². The predicted molar refractivity (Wildman–Crippen MR) is 144 cm³/mol. The van der Waals surface area contributed by atoms with Gasteiger partial charge in [0.15, 0.2) is 0 Å². The number of alkyl halides is 3. The molecule has 1 aliphatic heterocycles. The molecule has 216 valence electrons. The SMILES string of the molecule is Cn1cnnc1[C@]1(c2cccc(N3Cc4c(cc(CNC5(C)CCC5)cc4C(F)(F)F)C3=O)c2)C[C@@H](COC=O)C1. The molecule has 2 saturated carbocycles. The van der Waals surface area contributed by atoms with Crippen molar-refractivity contribution in [3.8, 4) is 0 Å². The lowest BCUT2D eigenvalue weighted by Crippen LogP contribution is -2.47. The monoisotopic (exact) mass is 567 g/mol. The number of anilines is 1. The molecule has 0 spiro atoms. The van der Waals surface area contributed by atoms with Gasteiger partial charge in [-0.25, -0.2) is 0 Å². The second-order valence-electron chi connectivity index (χ2n) is 11.9. The van der Waals surface area contributed by atoms with Gasteiger partial charge in [-0.2, -0.15) is 13.2 Å². The normalized spacial score (nSPS) is 23.1. The first-order valence-corrected chi connectivity index (χ1v) is 13.8. The van der Waals surface area contributed by atoms with E-state index in [1.54, 1.807) is 18.5 Å². The number of hydrogen-bond donors (Lipinski definition) is 1. The van der Waals surface area contributed by atoms with Crippen molar-refractivity contribution < 1.29 is 27.5 Å². The number of nitrogens with zero attached hydrogens (tertiary/aromatic N) is 4. The molecule has 11 heteroatoms. The molecule has 0 radical (unpaired) electrons. The average Bonchev–Trinajstić information content (AvgIpc) is 3.48. The molecule has 1 N–H and O–H groups in total. The molecule has 0 unspecified atom stereocenters. The van der Waals surface area contributed by atoms with Crippen molar-refractivity contribution in [2.24, 2.45) is 13.0 Å². The van der Waals surface area contributed by atoms with E-state index in [-0.39, 0.29) is 35.7 Å². The number of aromatic nitrogens is 3. The van der Waals surface area contributed by atoms with Gasteiger partial charge >= 0.3 is 6.18 Å². The van der Waals surface area contributed by atoms with Crippen LogP contribution in [0.15, 0.2) is 42.7 Å². The van der Waals surface area contributed by atoms with Crippen molar-refractivity contribution >= 4 is 18.1 Å². The van der Waals surface area contributed by atoms with E-state index < -0.39 is 23.1 Å². The van der Waals surface area contributed by atoms with Crippen molar-refractivity contribution in [3.05, 3.63) is 76.4 Å². The van der Waals surface area contributed by atoms with Crippen molar-refractivity contribution in [3.63, 3.8) is 0 Å². The second-order valence-corrected chi connectivity index (χ2v) is 11.9. The van der Waals surface area contributed by atoms with Crippen molar-refractivity contribution in [1.82, 2.24) is 20.1 Å². The molecule has 2 aromatic carbocycles. The Balaban J connectivity index is 1.32. The van der Waals surface area contributed by atoms with E-state index in [9.17, 15) is 22.8 Å². The molecule has 2 fully saturated rings. The van der Waals surface area contributed by atoms with Crippen LogP contribution in [0.1, 0.15) is 77.5 Å². The van der Waals surface area contributed by atoms with Crippen LogP contribution < -0.4 is 10.2 Å². The first-order chi connectivity index (χ1) is 19.5. The van der Waals surface area contributed by atoms with Gasteiger partial charge in [0.1, 0.15) is 12.2 Å². The molecular weight excluding hydrogens is 535 g/mol. The predicted octanol–water partition coefficient (Wildman–Crippen LogP) is 4.90. The Morgan fingerprint density at radius 2 is 1.98 bits per heavy atom. The first-order valence-electron chi connectivity index (χ1n) is 13.8. The molecule has 2 heterocycles. The summed E-state index contributed by atoms with van der Waals surface area (Å²) in [4.78, 5) is 25.8. The van der Waals surface area contributed by atoms with Crippen LogP contribution in [0.4, 0.5) is 18.9 Å². The highest BCUT2D eigenvalue weighted by molar-refractivity contribution is 6.10. The van der Waals surface area contributed by atoms with Gasteiger partial charge in [-0.15, -0.1) is 10.2 Å². The summed E-state index contributed by atoms with van der Waals surface area (Å²) in [6.45, 7) is 2.90. The minimum atomic E-state index is -4.58. The number of fused-ring (bicyclic) bond motifs is 1. The van der Waals surface area contributed by atoms with Gasteiger partial charge in [-0.1, -0.05) is 12.1 Å². The third-order valence-electron chi connectivity index (χ3n) is 9.11. The van der Waals surface area contributed by atoms with E-state index in [0.717, 1.165) is 30.7 Å². The van der Waals surface area contributed by atoms with Crippen LogP contribution in [-0.2, 0) is 41.3 Å². The van der Waals surface area contributed by atoms with Crippen LogP contribution in [0.3, 0.4) is 0 Å². The van der Waals surface area contributed by atoms with Crippen LogP contribution in [0.5, 0.6) is 0 Å². The van der Waals surface area contributed by atoms with Crippen LogP contribution >= 0.6 is 0 Å². The van der Waals surface area contributed by atoms with Crippen LogP contribution in [0.25, 0.3) is 0 Å². The summed E-state index contributed by atoms with van der Waals surface area (Å²) in [6.07, 6.45) is 1.39. The van der Waals surface area contributed by atoms with Gasteiger partial charge in [-0.3, -0.25) is 9.59 Å². The summed E-state index contributed by atoms with van der Waals surface area (Å²) in [6, 6.07) is 10.2. The maximum absolute atomic E-state index is 14.2. The summed E-state index contributed by atoms with van der Waals surface area (Å²) in [5.41, 5.74) is 0.591. The molecule has 3 aromatic rings. The smallest absolute Gasteiger partial charge is 0.416 e. The Bertz CT molecular complexity index is 1490. The van der Waals surface area contributed by atoms with E-state index in [0.29, 0.717) is 37.2 Å². The van der Waals surface area contributed by atoms with Crippen LogP contribution in [-0.4, -0.2) is 39.3 Å². The fourth-order valence-corrected chi connectivity index (χ4v) is 6.69. The Labute approximate surface area is 235 Å². The zero-order valence-corrected chi connectivity index (χ0v) is 23.0. The lowest BCUT2D eigenvalue weighted by molar-refractivity contribution is -0.138. The quantitative estimate of drug-likeness (QED) is 0.370. The van der Waals surface area contributed by atoms with Gasteiger partial charge in [-0.05, 0) is 85.9 Å². The molecule has 1 amide bonds. The van der Waals surface area contributed by atoms with E-state index in [1.807, 2.05) is 29.8 Å². The van der Waals surface area contributed by atoms with Gasteiger partial charge in [0, 0.05) is 30.4 Å². The maximum atomic E-state index is 14.2. The van der Waals surface area contributed by atoms with Gasteiger partial charge in [0.05, 0.1) is 24.1 Å². The number of rotatable bonds is 9. The Kier molecular flexibility index (Phi) is 6.67. The fourth-order valence-electron chi connectivity index (χ4n) is 6.69. The number of benzene rings is 2. The lowest BCUT2D eigenvalue weighted by Gasteiger charge is -2.47. The number of amides is 1. The first kappa shape index (κ1) is 27.4. The molecule has 6 rings (SSSR count). The van der Waals surface area contributed by atoms with Crippen LogP contribution in [0, 0.1) is 5.92 Å². The highest BCUT2D eigenvalue weighted by atomic mass is 19.4. The summed E-state index contributed by atoms with van der Waals surface area (Å²) in [5, 5.41) is 11.8. The number of nitrogens with one attached hydrogen (secondary N) is 1. The molecule has 0 atom stereocenters. The zero-order valence-electron chi connectivity index (χ0n) is 23.0. The van der Waals surface area contributed by atoms with E-state index in [1.165, 1.54) is 11.0 Å². The zero-order chi connectivity index (χ0) is 29.0. The maximum Gasteiger partial charge on any atom is 0.416 e. The van der Waals surface area contributed by atoms with Gasteiger partial charge in [0.2, 0.25) is 0 Å². The molecule has 0 bridgehead atoms. The van der Waals surface area contributed by atoms with Gasteiger partial charge in [0.25, 0.3) is 12.4 Å². The van der Waals surface area contributed by atoms with E-state index >= 15 is 0 Å². The minimum Gasteiger partial charge on any atom is -0.468 e. The van der Waals surface area contributed by atoms with Crippen molar-refractivity contribution in [2.75, 3.05) is 11.5 Å². The fraction of sp³-hybridized carbons (Fsp3) is 0.467. The molecule has 3 aliphatic rings. The largest absolute Gasteiger partial charge is 0.468 e. The summed E-state index contributed by atoms with van der Waals surface area (Å²) >= 11 is 0. The molecular formula is C30H32F3N5O3. The summed E-state index contributed by atoms with van der Waals surface area (Å²) in [5.74, 6) is 0.421. The number of carbonyl (C=O) groups excluding carboxylic acids is 2. The number of ether oxygens (including phenoxy) is 1. The highest BCUT2D eigenvalue weighted by Crippen LogP contribution is 2.52. The standard InChI is InChI=1S/C30H32F3N5O3/c1-28(7-4-8-28)34-14-19-9-23-24(25(10-19)30(31,32)33)15-38(26(23)40)22-6-3-5-21(11-22)29(27-36-35-17-37(27)2)12-20(13-29)16-41-18-39/h3,5-6,9-11,17-18,20,34H,4,7-8,12-16H2,1-2H3/t20-,29-. The number of aryl methyl sites for hydroxylation is 1. The Morgan fingerprint density at radius 1 is 1.20 bits per heavy atom. The number of halogens is 3.